The Morgan fingerprint density at radius 3 is 2.58 bits per heavy atom. The molecule has 0 bridgehead atoms. The summed E-state index contributed by atoms with van der Waals surface area (Å²) in [6, 6.07) is 6.69. The number of hydrogen-bond acceptors (Lipinski definition) is 3. The van der Waals surface area contributed by atoms with Crippen molar-refractivity contribution in [2.24, 2.45) is 0 Å². The highest BCUT2D eigenvalue weighted by Gasteiger charge is 2.18. The molecule has 0 saturated carbocycles. The average molecular weight is 286 g/mol. The van der Waals surface area contributed by atoms with Gasteiger partial charge in [-0.3, -0.25) is 9.59 Å². The van der Waals surface area contributed by atoms with Gasteiger partial charge in [0.05, 0.1) is 23.6 Å². The predicted octanol–water partition coefficient (Wildman–Crippen LogP) is 1.90. The Labute approximate surface area is 116 Å². The summed E-state index contributed by atoms with van der Waals surface area (Å²) in [5.41, 5.74) is 0.366. The fourth-order valence-corrected chi connectivity index (χ4v) is 1.77. The smallest absolute Gasteiger partial charge is 0.305 e. The number of hydrogen-bond donors (Lipinski definition) is 1. The quantitative estimate of drug-likeness (QED) is 0.831. The van der Waals surface area contributed by atoms with E-state index in [1.807, 2.05) is 0 Å². The van der Waals surface area contributed by atoms with Crippen molar-refractivity contribution in [3.8, 4) is 0 Å². The normalized spacial score (nSPS) is 10.2. The lowest BCUT2D eigenvalue weighted by atomic mass is 10.2. The van der Waals surface area contributed by atoms with E-state index in [1.54, 1.807) is 24.3 Å². The molecule has 0 fully saturated rings. The Hall–Kier alpha value is -1.59. The minimum absolute atomic E-state index is 0.111. The summed E-state index contributed by atoms with van der Waals surface area (Å²) >= 11 is 5.96. The van der Waals surface area contributed by atoms with E-state index in [9.17, 15) is 9.59 Å². The number of ether oxygens (including phenoxy) is 1. The summed E-state index contributed by atoms with van der Waals surface area (Å²) < 4.78 is 4.92. The standard InChI is InChI=1S/C13H16ClNO4/c1-19-9-8-15(7-6-12(16)17)13(18)10-4-2-3-5-11(10)14/h2-5H,6-9H2,1H3,(H,16,17). The maximum absolute atomic E-state index is 12.3. The highest BCUT2D eigenvalue weighted by molar-refractivity contribution is 6.33. The van der Waals surface area contributed by atoms with Crippen molar-refractivity contribution in [3.63, 3.8) is 0 Å². The fraction of sp³-hybridized carbons (Fsp3) is 0.385. The summed E-state index contributed by atoms with van der Waals surface area (Å²) in [6.45, 7) is 0.798. The van der Waals surface area contributed by atoms with Crippen molar-refractivity contribution in [1.29, 1.82) is 0 Å². The zero-order valence-corrected chi connectivity index (χ0v) is 11.4. The number of carboxylic acids is 1. The average Bonchev–Trinajstić information content (AvgIpc) is 2.38. The molecule has 19 heavy (non-hydrogen) atoms. The zero-order valence-electron chi connectivity index (χ0n) is 10.6. The molecule has 1 aromatic carbocycles. The van der Waals surface area contributed by atoms with E-state index in [-0.39, 0.29) is 18.9 Å². The van der Waals surface area contributed by atoms with Crippen LogP contribution >= 0.6 is 11.6 Å². The maximum atomic E-state index is 12.3. The molecule has 1 N–H and O–H groups in total. The minimum Gasteiger partial charge on any atom is -0.481 e. The van der Waals surface area contributed by atoms with Crippen LogP contribution in [0.1, 0.15) is 16.8 Å². The monoisotopic (exact) mass is 285 g/mol. The van der Waals surface area contributed by atoms with Crippen LogP contribution in [0.3, 0.4) is 0 Å². The molecular weight excluding hydrogens is 270 g/mol. The van der Waals surface area contributed by atoms with E-state index in [0.717, 1.165) is 0 Å². The van der Waals surface area contributed by atoms with E-state index < -0.39 is 5.97 Å². The Balaban J connectivity index is 2.81. The van der Waals surface area contributed by atoms with Crippen molar-refractivity contribution in [2.45, 2.75) is 6.42 Å². The number of methoxy groups -OCH3 is 1. The highest BCUT2D eigenvalue weighted by atomic mass is 35.5. The van der Waals surface area contributed by atoms with Gasteiger partial charge in [0.2, 0.25) is 0 Å². The van der Waals surface area contributed by atoms with Gasteiger partial charge in [-0.1, -0.05) is 23.7 Å². The van der Waals surface area contributed by atoms with Crippen molar-refractivity contribution >= 4 is 23.5 Å². The topological polar surface area (TPSA) is 66.8 Å². The second kappa shape index (κ2) is 7.76. The van der Waals surface area contributed by atoms with Gasteiger partial charge >= 0.3 is 5.97 Å². The van der Waals surface area contributed by atoms with Crippen LogP contribution in [0, 0.1) is 0 Å². The van der Waals surface area contributed by atoms with Gasteiger partial charge in [0.25, 0.3) is 5.91 Å². The number of amides is 1. The number of benzene rings is 1. The molecule has 0 atom stereocenters. The molecule has 0 saturated heterocycles. The van der Waals surface area contributed by atoms with Gasteiger partial charge in [-0.15, -0.1) is 0 Å². The van der Waals surface area contributed by atoms with Crippen LogP contribution in [0.5, 0.6) is 0 Å². The van der Waals surface area contributed by atoms with E-state index >= 15 is 0 Å². The Morgan fingerprint density at radius 1 is 1.32 bits per heavy atom. The molecule has 0 aliphatic rings. The third-order valence-corrected chi connectivity index (χ3v) is 2.88. The molecule has 1 aromatic rings. The van der Waals surface area contributed by atoms with Crippen LogP contribution in [0.4, 0.5) is 0 Å². The van der Waals surface area contributed by atoms with Crippen LogP contribution in [-0.2, 0) is 9.53 Å². The van der Waals surface area contributed by atoms with Crippen LogP contribution in [-0.4, -0.2) is 48.7 Å². The molecule has 104 valence electrons. The summed E-state index contributed by atoms with van der Waals surface area (Å²) in [5.74, 6) is -1.24. The van der Waals surface area contributed by atoms with E-state index in [2.05, 4.69) is 0 Å². The second-order valence-electron chi connectivity index (χ2n) is 3.91. The number of carbonyl (C=O) groups is 2. The Morgan fingerprint density at radius 2 is 2.00 bits per heavy atom. The molecule has 0 aromatic heterocycles. The zero-order chi connectivity index (χ0) is 14.3. The van der Waals surface area contributed by atoms with Crippen molar-refractivity contribution < 1.29 is 19.4 Å². The first-order valence-electron chi connectivity index (χ1n) is 5.80. The lowest BCUT2D eigenvalue weighted by Crippen LogP contribution is -2.35. The van der Waals surface area contributed by atoms with Crippen molar-refractivity contribution in [2.75, 3.05) is 26.8 Å². The number of aliphatic carboxylic acids is 1. The Kier molecular flexibility index (Phi) is 6.32. The third kappa shape index (κ3) is 4.89. The molecule has 1 rings (SSSR count). The second-order valence-corrected chi connectivity index (χ2v) is 4.32. The molecule has 0 spiro atoms. The predicted molar refractivity (Wildman–Crippen MR) is 71.5 cm³/mol. The molecule has 0 radical (unpaired) electrons. The minimum atomic E-state index is -0.950. The number of nitrogens with zero attached hydrogens (tertiary/aromatic N) is 1. The van der Waals surface area contributed by atoms with Crippen molar-refractivity contribution in [3.05, 3.63) is 34.9 Å². The lowest BCUT2D eigenvalue weighted by Gasteiger charge is -2.22. The van der Waals surface area contributed by atoms with Gasteiger partial charge in [0, 0.05) is 20.2 Å². The van der Waals surface area contributed by atoms with Crippen molar-refractivity contribution in [1.82, 2.24) is 4.90 Å². The molecule has 0 heterocycles. The first-order chi connectivity index (χ1) is 9.06. The van der Waals surface area contributed by atoms with Gasteiger partial charge < -0.3 is 14.7 Å². The number of halogens is 1. The lowest BCUT2D eigenvalue weighted by molar-refractivity contribution is -0.137. The number of carbonyl (C=O) groups excluding carboxylic acids is 1. The van der Waals surface area contributed by atoms with Crippen LogP contribution in [0.2, 0.25) is 5.02 Å². The van der Waals surface area contributed by atoms with Crippen LogP contribution in [0.25, 0.3) is 0 Å². The highest BCUT2D eigenvalue weighted by Crippen LogP contribution is 2.17. The molecule has 0 unspecified atom stereocenters. The SMILES string of the molecule is COCCN(CCC(=O)O)C(=O)c1ccccc1Cl. The summed E-state index contributed by atoms with van der Waals surface area (Å²) in [7, 11) is 1.52. The van der Waals surface area contributed by atoms with Gasteiger partial charge in [-0.2, -0.15) is 0 Å². The number of carboxylic acid groups (broad SMARTS) is 1. The largest absolute Gasteiger partial charge is 0.481 e. The van der Waals surface area contributed by atoms with E-state index in [0.29, 0.717) is 23.7 Å². The summed E-state index contributed by atoms with van der Waals surface area (Å²) in [6.07, 6.45) is -0.111. The molecular formula is C13H16ClNO4. The summed E-state index contributed by atoms with van der Waals surface area (Å²) in [5, 5.41) is 9.05. The molecule has 6 heteroatoms. The maximum Gasteiger partial charge on any atom is 0.305 e. The molecule has 1 amide bonds. The Bertz CT molecular complexity index is 450. The summed E-state index contributed by atoms with van der Waals surface area (Å²) in [4.78, 5) is 24.3. The molecule has 0 aliphatic heterocycles. The first-order valence-corrected chi connectivity index (χ1v) is 6.18. The van der Waals surface area contributed by atoms with Gasteiger partial charge in [-0.05, 0) is 12.1 Å². The van der Waals surface area contributed by atoms with E-state index in [1.165, 1.54) is 12.0 Å². The van der Waals surface area contributed by atoms with Gasteiger partial charge in [-0.25, -0.2) is 0 Å². The number of rotatable bonds is 7. The van der Waals surface area contributed by atoms with Gasteiger partial charge in [0.15, 0.2) is 0 Å². The molecule has 5 nitrogen and oxygen atoms in total. The van der Waals surface area contributed by atoms with Crippen LogP contribution < -0.4 is 0 Å². The van der Waals surface area contributed by atoms with E-state index in [4.69, 9.17) is 21.4 Å². The molecule has 0 aliphatic carbocycles. The first kappa shape index (κ1) is 15.5. The fourth-order valence-electron chi connectivity index (χ4n) is 1.55. The van der Waals surface area contributed by atoms with Crippen LogP contribution in [0.15, 0.2) is 24.3 Å². The third-order valence-electron chi connectivity index (χ3n) is 2.55. The van der Waals surface area contributed by atoms with Gasteiger partial charge in [0.1, 0.15) is 0 Å².